The highest BCUT2D eigenvalue weighted by Crippen LogP contribution is 2.36. The summed E-state index contributed by atoms with van der Waals surface area (Å²) in [5, 5.41) is 14.3. The highest BCUT2D eigenvalue weighted by atomic mass is 35.5. The molecule has 94 valence electrons. The summed E-state index contributed by atoms with van der Waals surface area (Å²) in [6.45, 7) is 0. The van der Waals surface area contributed by atoms with Gasteiger partial charge in [-0.15, -0.1) is 0 Å². The molecule has 0 bridgehead atoms. The van der Waals surface area contributed by atoms with Crippen LogP contribution in [0.5, 0.6) is 0 Å². The van der Waals surface area contributed by atoms with Gasteiger partial charge in [-0.2, -0.15) is 0 Å². The predicted octanol–water partition coefficient (Wildman–Crippen LogP) is 1.23. The van der Waals surface area contributed by atoms with Gasteiger partial charge < -0.3 is 0 Å². The van der Waals surface area contributed by atoms with E-state index in [0.717, 1.165) is 0 Å². The summed E-state index contributed by atoms with van der Waals surface area (Å²) in [7, 11) is -4.72. The summed E-state index contributed by atoms with van der Waals surface area (Å²) < 4.78 is 47.4. The largest absolute Gasteiger partial charge is 0.308 e. The van der Waals surface area contributed by atoms with E-state index in [4.69, 9.17) is 11.6 Å². The molecule has 0 amide bonds. The van der Waals surface area contributed by atoms with E-state index >= 15 is 0 Å². The summed E-state index contributed by atoms with van der Waals surface area (Å²) in [6.07, 6.45) is -2.91. The maximum Gasteiger partial charge on any atom is 0.308 e. The number of rotatable bonds is 3. The maximum absolute atomic E-state index is 12.6. The van der Waals surface area contributed by atoms with Crippen LogP contribution in [0.2, 0.25) is 5.15 Å². The number of halogens is 3. The summed E-state index contributed by atoms with van der Waals surface area (Å²) in [6, 6.07) is 0. The number of aromatic nitrogens is 1. The van der Waals surface area contributed by atoms with Crippen LogP contribution >= 0.6 is 11.6 Å². The zero-order chi connectivity index (χ0) is 13.4. The molecule has 0 spiro atoms. The predicted molar refractivity (Wildman–Crippen MR) is 52.2 cm³/mol. The van der Waals surface area contributed by atoms with Crippen molar-refractivity contribution in [3.05, 3.63) is 27.0 Å². The van der Waals surface area contributed by atoms with Crippen molar-refractivity contribution in [2.75, 3.05) is 0 Å². The van der Waals surface area contributed by atoms with Gasteiger partial charge in [-0.05, 0) is 0 Å². The van der Waals surface area contributed by atoms with Gasteiger partial charge in [0.05, 0.1) is 10.5 Å². The van der Waals surface area contributed by atoms with Crippen LogP contribution in [0.4, 0.5) is 14.5 Å². The van der Waals surface area contributed by atoms with Gasteiger partial charge in [-0.25, -0.2) is 27.3 Å². The molecule has 0 saturated carbocycles. The lowest BCUT2D eigenvalue weighted by atomic mass is 10.2. The Morgan fingerprint density at radius 3 is 2.41 bits per heavy atom. The van der Waals surface area contributed by atoms with Crippen molar-refractivity contribution in [2.45, 2.75) is 11.3 Å². The quantitative estimate of drug-likeness (QED) is 0.510. The minimum atomic E-state index is -4.72. The van der Waals surface area contributed by atoms with Crippen molar-refractivity contribution in [1.29, 1.82) is 0 Å². The van der Waals surface area contributed by atoms with Crippen LogP contribution < -0.4 is 5.14 Å². The smallest absolute Gasteiger partial charge is 0.258 e. The average Bonchev–Trinajstić information content (AvgIpc) is 2.14. The van der Waals surface area contributed by atoms with Crippen LogP contribution in [0, 0.1) is 10.1 Å². The lowest BCUT2D eigenvalue weighted by Gasteiger charge is -2.08. The molecular weight excluding hydrogens is 284 g/mol. The van der Waals surface area contributed by atoms with Crippen LogP contribution in [0.25, 0.3) is 0 Å². The number of hydrogen-bond donors (Lipinski definition) is 1. The van der Waals surface area contributed by atoms with Crippen LogP contribution in [0.3, 0.4) is 0 Å². The Kier molecular flexibility index (Phi) is 3.59. The molecule has 17 heavy (non-hydrogen) atoms. The monoisotopic (exact) mass is 287 g/mol. The van der Waals surface area contributed by atoms with Crippen molar-refractivity contribution in [3.8, 4) is 0 Å². The third kappa shape index (κ3) is 2.65. The topological polar surface area (TPSA) is 116 Å². The van der Waals surface area contributed by atoms with Crippen LogP contribution in [-0.2, 0) is 10.0 Å². The Morgan fingerprint density at radius 1 is 1.53 bits per heavy atom. The number of nitro groups is 1. The van der Waals surface area contributed by atoms with Crippen LogP contribution in [-0.4, -0.2) is 18.3 Å². The molecule has 0 fully saturated rings. The molecule has 0 aromatic carbocycles. The SMILES string of the molecule is NS(=O)(=O)c1c([N+](=O)[O-])cnc(Cl)c1C(F)F. The highest BCUT2D eigenvalue weighted by molar-refractivity contribution is 7.89. The third-order valence-electron chi connectivity index (χ3n) is 1.70. The Labute approximate surface area is 98.4 Å². The van der Waals surface area contributed by atoms with Crippen LogP contribution in [0.15, 0.2) is 11.1 Å². The molecule has 7 nitrogen and oxygen atoms in total. The molecule has 0 radical (unpaired) electrons. The molecule has 1 rings (SSSR count). The van der Waals surface area contributed by atoms with E-state index in [9.17, 15) is 27.3 Å². The van der Waals surface area contributed by atoms with E-state index in [2.05, 4.69) is 10.1 Å². The number of sulfonamides is 1. The maximum atomic E-state index is 12.6. The van der Waals surface area contributed by atoms with Crippen molar-refractivity contribution in [3.63, 3.8) is 0 Å². The van der Waals surface area contributed by atoms with Gasteiger partial charge in [-0.3, -0.25) is 10.1 Å². The number of nitrogens with two attached hydrogens (primary N) is 1. The van der Waals surface area contributed by atoms with E-state index in [1.807, 2.05) is 0 Å². The van der Waals surface area contributed by atoms with E-state index in [1.54, 1.807) is 0 Å². The average molecular weight is 288 g/mol. The van der Waals surface area contributed by atoms with E-state index < -0.39 is 42.7 Å². The Balaban J connectivity index is 3.82. The molecule has 0 saturated heterocycles. The fourth-order valence-electron chi connectivity index (χ4n) is 1.10. The first-order valence-corrected chi connectivity index (χ1v) is 5.72. The summed E-state index contributed by atoms with van der Waals surface area (Å²) in [4.78, 5) is 11.1. The minimum Gasteiger partial charge on any atom is -0.258 e. The zero-order valence-corrected chi connectivity index (χ0v) is 9.37. The van der Waals surface area contributed by atoms with Crippen molar-refractivity contribution >= 4 is 27.3 Å². The first-order chi connectivity index (χ1) is 7.66. The number of hydrogen-bond acceptors (Lipinski definition) is 5. The molecule has 2 N–H and O–H groups in total. The Morgan fingerprint density at radius 2 is 2.06 bits per heavy atom. The number of nitrogens with zero attached hydrogens (tertiary/aromatic N) is 2. The van der Waals surface area contributed by atoms with Gasteiger partial charge in [-0.1, -0.05) is 11.6 Å². The second-order valence-electron chi connectivity index (χ2n) is 2.78. The van der Waals surface area contributed by atoms with Crippen molar-refractivity contribution in [1.82, 2.24) is 4.98 Å². The first-order valence-electron chi connectivity index (χ1n) is 3.80. The summed E-state index contributed by atoms with van der Waals surface area (Å²) >= 11 is 5.27. The van der Waals surface area contributed by atoms with Crippen molar-refractivity contribution in [2.24, 2.45) is 5.14 Å². The molecule has 0 aliphatic heterocycles. The standard InChI is InChI=1S/C6H4ClF2N3O4S/c7-5-3(6(8)9)4(17(10,15)16)2(1-11-5)12(13)14/h1,6H,(H2,10,15,16). The van der Waals surface area contributed by atoms with E-state index in [1.165, 1.54) is 0 Å². The summed E-state index contributed by atoms with van der Waals surface area (Å²) in [5.41, 5.74) is -2.42. The lowest BCUT2D eigenvalue weighted by molar-refractivity contribution is -0.388. The normalized spacial score (nSPS) is 11.8. The Bertz CT molecular complexity index is 577. The van der Waals surface area contributed by atoms with Gasteiger partial charge in [0.1, 0.15) is 11.3 Å². The molecule has 11 heteroatoms. The molecule has 1 aromatic heterocycles. The molecule has 1 heterocycles. The number of alkyl halides is 2. The Hall–Kier alpha value is -1.39. The van der Waals surface area contributed by atoms with Gasteiger partial charge in [0, 0.05) is 0 Å². The number of primary sulfonamides is 1. The molecule has 0 atom stereocenters. The third-order valence-corrected chi connectivity index (χ3v) is 3.00. The molecule has 0 unspecified atom stereocenters. The van der Waals surface area contributed by atoms with Gasteiger partial charge in [0.2, 0.25) is 10.0 Å². The number of pyridine rings is 1. The molecule has 1 aromatic rings. The summed E-state index contributed by atoms with van der Waals surface area (Å²) in [5.74, 6) is 0. The molecule has 0 aliphatic rings. The van der Waals surface area contributed by atoms with Gasteiger partial charge in [0.15, 0.2) is 4.90 Å². The van der Waals surface area contributed by atoms with Crippen molar-refractivity contribution < 1.29 is 22.1 Å². The molecule has 0 aliphatic carbocycles. The second-order valence-corrected chi connectivity index (χ2v) is 4.64. The fourth-order valence-corrected chi connectivity index (χ4v) is 2.29. The zero-order valence-electron chi connectivity index (χ0n) is 7.80. The fraction of sp³-hybridized carbons (Fsp3) is 0.167. The highest BCUT2D eigenvalue weighted by Gasteiger charge is 2.33. The van der Waals surface area contributed by atoms with Crippen LogP contribution in [0.1, 0.15) is 12.0 Å². The first kappa shape index (κ1) is 13.7. The van der Waals surface area contributed by atoms with Gasteiger partial charge >= 0.3 is 5.69 Å². The van der Waals surface area contributed by atoms with E-state index in [0.29, 0.717) is 6.20 Å². The van der Waals surface area contributed by atoms with E-state index in [-0.39, 0.29) is 0 Å². The molecular formula is C6H4ClF2N3O4S. The van der Waals surface area contributed by atoms with Gasteiger partial charge in [0.25, 0.3) is 6.43 Å². The minimum absolute atomic E-state index is 0.452. The lowest BCUT2D eigenvalue weighted by Crippen LogP contribution is -2.17. The second kappa shape index (κ2) is 4.47.